The van der Waals surface area contributed by atoms with E-state index in [-0.39, 0.29) is 23.5 Å². The molecule has 0 amide bonds. The van der Waals surface area contributed by atoms with Crippen molar-refractivity contribution in [2.45, 2.75) is 0 Å². The number of nitrogens with zero attached hydrogens (tertiary/aromatic N) is 2. The third-order valence-corrected chi connectivity index (χ3v) is 2.47. The SMILES string of the molecule is Nc1nc(Cl)cc(NCCOc2ccc(F)c(F)c2)n1. The first-order chi connectivity index (χ1) is 9.54. The third-order valence-electron chi connectivity index (χ3n) is 2.28. The van der Waals surface area contributed by atoms with Gasteiger partial charge in [0.05, 0.1) is 6.54 Å². The van der Waals surface area contributed by atoms with Crippen molar-refractivity contribution in [3.63, 3.8) is 0 Å². The number of rotatable bonds is 5. The third kappa shape index (κ3) is 3.92. The number of anilines is 2. The van der Waals surface area contributed by atoms with Gasteiger partial charge in [0.2, 0.25) is 5.95 Å². The normalized spacial score (nSPS) is 10.3. The Labute approximate surface area is 118 Å². The summed E-state index contributed by atoms with van der Waals surface area (Å²) in [6.07, 6.45) is 0. The lowest BCUT2D eigenvalue weighted by atomic mass is 10.3. The quantitative estimate of drug-likeness (QED) is 0.655. The van der Waals surface area contributed by atoms with Crippen LogP contribution in [0.4, 0.5) is 20.5 Å². The van der Waals surface area contributed by atoms with E-state index in [4.69, 9.17) is 22.1 Å². The van der Waals surface area contributed by atoms with Crippen LogP contribution in [0.3, 0.4) is 0 Å². The van der Waals surface area contributed by atoms with Crippen LogP contribution in [0.1, 0.15) is 0 Å². The van der Waals surface area contributed by atoms with Crippen molar-refractivity contribution in [1.82, 2.24) is 9.97 Å². The van der Waals surface area contributed by atoms with Crippen LogP contribution in [0, 0.1) is 11.6 Å². The van der Waals surface area contributed by atoms with Crippen LogP contribution in [0.2, 0.25) is 5.15 Å². The molecule has 0 aliphatic rings. The van der Waals surface area contributed by atoms with Crippen LogP contribution < -0.4 is 15.8 Å². The zero-order chi connectivity index (χ0) is 14.5. The van der Waals surface area contributed by atoms with Crippen LogP contribution in [0.5, 0.6) is 5.75 Å². The summed E-state index contributed by atoms with van der Waals surface area (Å²) in [5, 5.41) is 3.14. The summed E-state index contributed by atoms with van der Waals surface area (Å²) in [5.74, 6) is -1.11. The molecular weight excluding hydrogens is 290 g/mol. The van der Waals surface area contributed by atoms with Crippen LogP contribution >= 0.6 is 11.6 Å². The molecule has 20 heavy (non-hydrogen) atoms. The van der Waals surface area contributed by atoms with Crippen molar-refractivity contribution in [2.75, 3.05) is 24.2 Å². The summed E-state index contributed by atoms with van der Waals surface area (Å²) < 4.78 is 30.9. The Hall–Kier alpha value is -2.15. The number of nitrogen functional groups attached to an aromatic ring is 1. The maximum atomic E-state index is 12.9. The Morgan fingerprint density at radius 3 is 2.70 bits per heavy atom. The minimum absolute atomic E-state index is 0.0570. The van der Waals surface area contributed by atoms with E-state index in [0.29, 0.717) is 12.4 Å². The van der Waals surface area contributed by atoms with Crippen molar-refractivity contribution in [1.29, 1.82) is 0 Å². The van der Waals surface area contributed by atoms with Gasteiger partial charge >= 0.3 is 0 Å². The summed E-state index contributed by atoms with van der Waals surface area (Å²) in [6, 6.07) is 4.84. The van der Waals surface area contributed by atoms with Gasteiger partial charge in [-0.05, 0) is 12.1 Å². The highest BCUT2D eigenvalue weighted by Gasteiger charge is 2.03. The molecule has 0 atom stereocenters. The van der Waals surface area contributed by atoms with Crippen molar-refractivity contribution in [2.24, 2.45) is 0 Å². The second-order valence-electron chi connectivity index (χ2n) is 3.79. The van der Waals surface area contributed by atoms with E-state index in [0.717, 1.165) is 12.1 Å². The lowest BCUT2D eigenvalue weighted by Gasteiger charge is -2.08. The summed E-state index contributed by atoms with van der Waals surface area (Å²) in [6.45, 7) is 0.610. The van der Waals surface area contributed by atoms with Gasteiger partial charge in [-0.25, -0.2) is 13.8 Å². The lowest BCUT2D eigenvalue weighted by molar-refractivity contribution is 0.329. The fraction of sp³-hybridized carbons (Fsp3) is 0.167. The molecule has 1 aromatic carbocycles. The summed E-state index contributed by atoms with van der Waals surface area (Å²) in [5.41, 5.74) is 5.43. The molecule has 0 fully saturated rings. The minimum Gasteiger partial charge on any atom is -0.492 e. The topological polar surface area (TPSA) is 73.1 Å². The Kier molecular flexibility index (Phi) is 4.52. The van der Waals surface area contributed by atoms with Crippen molar-refractivity contribution in [3.8, 4) is 5.75 Å². The molecular formula is C12H11ClF2N4O. The summed E-state index contributed by atoms with van der Waals surface area (Å²) in [4.78, 5) is 7.62. The maximum Gasteiger partial charge on any atom is 0.223 e. The van der Waals surface area contributed by atoms with Gasteiger partial charge < -0.3 is 15.8 Å². The van der Waals surface area contributed by atoms with Crippen LogP contribution in [-0.4, -0.2) is 23.1 Å². The second kappa shape index (κ2) is 6.33. The molecule has 2 rings (SSSR count). The summed E-state index contributed by atoms with van der Waals surface area (Å²) >= 11 is 5.71. The van der Waals surface area contributed by atoms with Crippen molar-refractivity contribution in [3.05, 3.63) is 41.1 Å². The van der Waals surface area contributed by atoms with Gasteiger partial charge in [-0.2, -0.15) is 4.98 Å². The molecule has 1 aromatic heterocycles. The molecule has 0 bridgehead atoms. The molecule has 8 heteroatoms. The molecule has 2 aromatic rings. The van der Waals surface area contributed by atoms with E-state index < -0.39 is 11.6 Å². The highest BCUT2D eigenvalue weighted by molar-refractivity contribution is 6.29. The van der Waals surface area contributed by atoms with E-state index >= 15 is 0 Å². The Morgan fingerprint density at radius 1 is 1.20 bits per heavy atom. The number of benzene rings is 1. The molecule has 0 spiro atoms. The van der Waals surface area contributed by atoms with E-state index in [2.05, 4.69) is 15.3 Å². The number of ether oxygens (including phenoxy) is 1. The average Bonchev–Trinajstić information content (AvgIpc) is 2.38. The Balaban J connectivity index is 1.82. The maximum absolute atomic E-state index is 12.9. The van der Waals surface area contributed by atoms with Gasteiger partial charge in [-0.1, -0.05) is 11.6 Å². The molecule has 0 saturated heterocycles. The molecule has 5 nitrogen and oxygen atoms in total. The van der Waals surface area contributed by atoms with Crippen LogP contribution in [0.15, 0.2) is 24.3 Å². The number of nitrogens with two attached hydrogens (primary N) is 1. The van der Waals surface area contributed by atoms with Gasteiger partial charge in [-0.3, -0.25) is 0 Å². The van der Waals surface area contributed by atoms with Gasteiger partial charge in [0, 0.05) is 12.1 Å². The lowest BCUT2D eigenvalue weighted by Crippen LogP contribution is -2.13. The molecule has 0 aliphatic heterocycles. The molecule has 0 saturated carbocycles. The zero-order valence-electron chi connectivity index (χ0n) is 10.2. The monoisotopic (exact) mass is 300 g/mol. The molecule has 0 unspecified atom stereocenters. The first-order valence-electron chi connectivity index (χ1n) is 5.66. The predicted molar refractivity (Wildman–Crippen MR) is 71.8 cm³/mol. The van der Waals surface area contributed by atoms with Gasteiger partial charge in [0.1, 0.15) is 23.3 Å². The molecule has 0 aliphatic carbocycles. The van der Waals surface area contributed by atoms with Crippen LogP contribution in [0.25, 0.3) is 0 Å². The van der Waals surface area contributed by atoms with Gasteiger partial charge in [0.15, 0.2) is 11.6 Å². The largest absolute Gasteiger partial charge is 0.492 e. The number of halogens is 3. The standard InChI is InChI=1S/C12H11ClF2N4O/c13-10-6-11(19-12(16)18-10)17-3-4-20-7-1-2-8(14)9(15)5-7/h1-2,5-6H,3-4H2,(H3,16,17,18,19). The van der Waals surface area contributed by atoms with Gasteiger partial charge in [0.25, 0.3) is 0 Å². The highest BCUT2D eigenvalue weighted by atomic mass is 35.5. The van der Waals surface area contributed by atoms with E-state index in [1.54, 1.807) is 0 Å². The van der Waals surface area contributed by atoms with E-state index in [9.17, 15) is 8.78 Å². The highest BCUT2D eigenvalue weighted by Crippen LogP contribution is 2.15. The number of hydrogen-bond acceptors (Lipinski definition) is 5. The Morgan fingerprint density at radius 2 is 2.00 bits per heavy atom. The minimum atomic E-state index is -0.953. The fourth-order valence-corrected chi connectivity index (χ4v) is 1.63. The molecule has 1 heterocycles. The van der Waals surface area contributed by atoms with Crippen LogP contribution in [-0.2, 0) is 0 Å². The smallest absolute Gasteiger partial charge is 0.223 e. The van der Waals surface area contributed by atoms with Crippen molar-refractivity contribution >= 4 is 23.4 Å². The fourth-order valence-electron chi connectivity index (χ4n) is 1.44. The van der Waals surface area contributed by atoms with E-state index in [1.165, 1.54) is 12.1 Å². The molecule has 106 valence electrons. The Bertz CT molecular complexity index is 592. The predicted octanol–water partition coefficient (Wildman–Crippen LogP) is 2.48. The zero-order valence-corrected chi connectivity index (χ0v) is 11.0. The number of aromatic nitrogens is 2. The first kappa shape index (κ1) is 14.3. The number of hydrogen-bond donors (Lipinski definition) is 2. The number of nitrogens with one attached hydrogen (secondary N) is 1. The molecule has 3 N–H and O–H groups in total. The summed E-state index contributed by atoms with van der Waals surface area (Å²) in [7, 11) is 0. The molecule has 0 radical (unpaired) electrons. The average molecular weight is 301 g/mol. The second-order valence-corrected chi connectivity index (χ2v) is 4.17. The van der Waals surface area contributed by atoms with Crippen molar-refractivity contribution < 1.29 is 13.5 Å². The van der Waals surface area contributed by atoms with Gasteiger partial charge in [-0.15, -0.1) is 0 Å². The first-order valence-corrected chi connectivity index (χ1v) is 6.04. The van der Waals surface area contributed by atoms with E-state index in [1.807, 2.05) is 0 Å².